The number of hydrogen-bond donors (Lipinski definition) is 1. The molecule has 0 bridgehead atoms. The van der Waals surface area contributed by atoms with Gasteiger partial charge in [0.15, 0.2) is 0 Å². The number of aromatic nitrogens is 3. The lowest BCUT2D eigenvalue weighted by Crippen LogP contribution is -2.50. The van der Waals surface area contributed by atoms with Crippen LogP contribution in [0, 0.1) is 5.41 Å². The molecule has 3 heterocycles. The number of likely N-dealkylation sites (tertiary alicyclic amines) is 1. The molecule has 2 aliphatic heterocycles. The Labute approximate surface area is 160 Å². The fraction of sp³-hybridized carbons (Fsp3) is 0.600. The van der Waals surface area contributed by atoms with E-state index in [0.717, 1.165) is 63.9 Å². The van der Waals surface area contributed by atoms with E-state index >= 15 is 0 Å². The van der Waals surface area contributed by atoms with Crippen LogP contribution in [0.2, 0.25) is 0 Å². The van der Waals surface area contributed by atoms with Crippen LogP contribution in [0.25, 0.3) is 0 Å². The van der Waals surface area contributed by atoms with Crippen molar-refractivity contribution >= 4 is 0 Å². The SMILES string of the molecule is COc1ccc(CN2CCCC3(COCCN(Cc4cn[nH]n4)C3)C2)cc1. The van der Waals surface area contributed by atoms with Crippen molar-refractivity contribution in [1.29, 1.82) is 0 Å². The molecule has 1 unspecified atom stereocenters. The number of methoxy groups -OCH3 is 1. The Hall–Kier alpha value is -1.96. The standard InChI is InChI=1S/C20H29N5O2/c1-26-19-5-3-17(4-6-19)12-24-8-2-7-20(14-24)15-25(9-10-27-16-20)13-18-11-21-23-22-18/h3-6,11H,2,7-10,12-16H2,1H3,(H,21,22,23). The van der Waals surface area contributed by atoms with Gasteiger partial charge in [-0.05, 0) is 37.1 Å². The molecule has 1 spiro atoms. The number of piperidine rings is 1. The summed E-state index contributed by atoms with van der Waals surface area (Å²) in [6.07, 6.45) is 4.26. The summed E-state index contributed by atoms with van der Waals surface area (Å²) in [5, 5.41) is 10.9. The Kier molecular flexibility index (Phi) is 5.71. The van der Waals surface area contributed by atoms with Gasteiger partial charge in [0.05, 0.1) is 32.2 Å². The fourth-order valence-corrected chi connectivity index (χ4v) is 4.43. The summed E-state index contributed by atoms with van der Waals surface area (Å²) < 4.78 is 11.3. The Morgan fingerprint density at radius 1 is 1.15 bits per heavy atom. The molecule has 2 saturated heterocycles. The van der Waals surface area contributed by atoms with Gasteiger partial charge >= 0.3 is 0 Å². The summed E-state index contributed by atoms with van der Waals surface area (Å²) in [6.45, 7) is 7.69. The van der Waals surface area contributed by atoms with Gasteiger partial charge in [0.2, 0.25) is 0 Å². The molecule has 7 nitrogen and oxygen atoms in total. The lowest BCUT2D eigenvalue weighted by atomic mass is 9.80. The maximum absolute atomic E-state index is 6.04. The maximum atomic E-state index is 6.04. The molecule has 2 fully saturated rings. The lowest BCUT2D eigenvalue weighted by molar-refractivity contribution is 0.00241. The number of ether oxygens (including phenoxy) is 2. The van der Waals surface area contributed by atoms with Crippen LogP contribution in [-0.2, 0) is 17.8 Å². The first-order valence-corrected chi connectivity index (χ1v) is 9.75. The second kappa shape index (κ2) is 8.37. The van der Waals surface area contributed by atoms with E-state index in [1.165, 1.54) is 18.4 Å². The summed E-state index contributed by atoms with van der Waals surface area (Å²) >= 11 is 0. The third-order valence-corrected chi connectivity index (χ3v) is 5.68. The van der Waals surface area contributed by atoms with Crippen LogP contribution in [0.3, 0.4) is 0 Å². The van der Waals surface area contributed by atoms with Gasteiger partial charge in [-0.15, -0.1) is 0 Å². The average Bonchev–Trinajstić information content (AvgIpc) is 3.12. The van der Waals surface area contributed by atoms with E-state index in [1.54, 1.807) is 7.11 Å². The number of hydrogen-bond acceptors (Lipinski definition) is 6. The van der Waals surface area contributed by atoms with Crippen LogP contribution in [0.4, 0.5) is 0 Å². The zero-order valence-electron chi connectivity index (χ0n) is 16.1. The maximum Gasteiger partial charge on any atom is 0.118 e. The number of nitrogens with zero attached hydrogens (tertiary/aromatic N) is 4. The molecule has 0 radical (unpaired) electrons. The van der Waals surface area contributed by atoms with Crippen molar-refractivity contribution < 1.29 is 9.47 Å². The molecule has 27 heavy (non-hydrogen) atoms. The van der Waals surface area contributed by atoms with Crippen molar-refractivity contribution in [2.24, 2.45) is 5.41 Å². The van der Waals surface area contributed by atoms with Crippen molar-refractivity contribution in [2.45, 2.75) is 25.9 Å². The monoisotopic (exact) mass is 371 g/mol. The molecule has 7 heteroatoms. The highest BCUT2D eigenvalue weighted by Gasteiger charge is 2.38. The summed E-state index contributed by atoms with van der Waals surface area (Å²) in [5.74, 6) is 0.912. The normalized spacial score (nSPS) is 24.8. The quantitative estimate of drug-likeness (QED) is 0.866. The molecule has 2 aromatic rings. The van der Waals surface area contributed by atoms with E-state index in [9.17, 15) is 0 Å². The second-order valence-electron chi connectivity index (χ2n) is 7.89. The van der Waals surface area contributed by atoms with E-state index < -0.39 is 0 Å². The van der Waals surface area contributed by atoms with E-state index in [2.05, 4.69) is 37.3 Å². The molecule has 146 valence electrons. The van der Waals surface area contributed by atoms with Gasteiger partial charge in [0, 0.05) is 38.1 Å². The van der Waals surface area contributed by atoms with Crippen LogP contribution in [0.1, 0.15) is 24.1 Å². The summed E-state index contributed by atoms with van der Waals surface area (Å²) in [5.41, 5.74) is 2.53. The first-order chi connectivity index (χ1) is 13.2. The van der Waals surface area contributed by atoms with Crippen molar-refractivity contribution in [3.8, 4) is 5.75 Å². The topological polar surface area (TPSA) is 66.5 Å². The molecule has 0 saturated carbocycles. The summed E-state index contributed by atoms with van der Waals surface area (Å²) in [7, 11) is 1.71. The third-order valence-electron chi connectivity index (χ3n) is 5.68. The van der Waals surface area contributed by atoms with Gasteiger partial charge in [-0.3, -0.25) is 9.80 Å². The Balaban J connectivity index is 1.41. The number of rotatable bonds is 5. The molecule has 4 rings (SSSR count). The fourth-order valence-electron chi connectivity index (χ4n) is 4.43. The predicted octanol–water partition coefficient (Wildman–Crippen LogP) is 1.93. The third kappa shape index (κ3) is 4.66. The minimum atomic E-state index is 0.199. The van der Waals surface area contributed by atoms with E-state index in [-0.39, 0.29) is 5.41 Å². The molecule has 0 amide bonds. The summed E-state index contributed by atoms with van der Waals surface area (Å²) in [6, 6.07) is 8.42. The Morgan fingerprint density at radius 2 is 1.96 bits per heavy atom. The zero-order valence-corrected chi connectivity index (χ0v) is 16.1. The van der Waals surface area contributed by atoms with Crippen molar-refractivity contribution in [3.63, 3.8) is 0 Å². The first-order valence-electron chi connectivity index (χ1n) is 9.75. The van der Waals surface area contributed by atoms with Crippen molar-refractivity contribution in [2.75, 3.05) is 46.5 Å². The smallest absolute Gasteiger partial charge is 0.118 e. The molecule has 1 N–H and O–H groups in total. The molecular formula is C20H29N5O2. The molecule has 1 atom stereocenters. The van der Waals surface area contributed by atoms with Crippen LogP contribution in [0.15, 0.2) is 30.5 Å². The van der Waals surface area contributed by atoms with Gasteiger partial charge < -0.3 is 9.47 Å². The van der Waals surface area contributed by atoms with Gasteiger partial charge in [-0.25, -0.2) is 0 Å². The van der Waals surface area contributed by atoms with Gasteiger partial charge in [0.1, 0.15) is 5.75 Å². The molecular weight excluding hydrogens is 342 g/mol. The molecule has 1 aromatic heterocycles. The van der Waals surface area contributed by atoms with Gasteiger partial charge in [-0.1, -0.05) is 12.1 Å². The summed E-state index contributed by atoms with van der Waals surface area (Å²) in [4.78, 5) is 5.05. The van der Waals surface area contributed by atoms with Crippen LogP contribution in [0.5, 0.6) is 5.75 Å². The molecule has 2 aliphatic rings. The highest BCUT2D eigenvalue weighted by Crippen LogP contribution is 2.34. The number of H-pyrrole nitrogens is 1. The number of aromatic amines is 1. The highest BCUT2D eigenvalue weighted by molar-refractivity contribution is 5.27. The van der Waals surface area contributed by atoms with Crippen LogP contribution < -0.4 is 4.74 Å². The van der Waals surface area contributed by atoms with Crippen LogP contribution in [-0.4, -0.2) is 71.7 Å². The van der Waals surface area contributed by atoms with E-state index in [0.29, 0.717) is 0 Å². The van der Waals surface area contributed by atoms with Crippen molar-refractivity contribution in [1.82, 2.24) is 25.2 Å². The average molecular weight is 371 g/mol. The van der Waals surface area contributed by atoms with E-state index in [4.69, 9.17) is 9.47 Å². The number of benzene rings is 1. The van der Waals surface area contributed by atoms with Crippen molar-refractivity contribution in [3.05, 3.63) is 41.7 Å². The molecule has 1 aromatic carbocycles. The number of nitrogens with one attached hydrogen (secondary N) is 1. The minimum Gasteiger partial charge on any atom is -0.497 e. The van der Waals surface area contributed by atoms with E-state index in [1.807, 2.05) is 18.3 Å². The predicted molar refractivity (Wildman–Crippen MR) is 102 cm³/mol. The second-order valence-corrected chi connectivity index (χ2v) is 7.89. The minimum absolute atomic E-state index is 0.199. The molecule has 0 aliphatic carbocycles. The van der Waals surface area contributed by atoms with Gasteiger partial charge in [0.25, 0.3) is 0 Å². The Bertz CT molecular complexity index is 706. The largest absolute Gasteiger partial charge is 0.497 e. The zero-order chi connectivity index (χ0) is 18.5. The Morgan fingerprint density at radius 3 is 2.70 bits per heavy atom. The lowest BCUT2D eigenvalue weighted by Gasteiger charge is -2.43. The van der Waals surface area contributed by atoms with Crippen LogP contribution >= 0.6 is 0 Å². The first kappa shape index (κ1) is 18.4. The van der Waals surface area contributed by atoms with Gasteiger partial charge in [-0.2, -0.15) is 15.4 Å². The highest BCUT2D eigenvalue weighted by atomic mass is 16.5.